The molecule has 1 N–H and O–H groups in total. The molecule has 0 amide bonds. The SMILES string of the molecule is CCOC(=O)C(C#N)=CNc1ccccn1. The molecule has 5 nitrogen and oxygen atoms in total. The van der Waals surface area contributed by atoms with Crippen molar-refractivity contribution in [1.29, 1.82) is 5.26 Å². The van der Waals surface area contributed by atoms with Crippen molar-refractivity contribution in [3.8, 4) is 6.07 Å². The van der Waals surface area contributed by atoms with Crippen molar-refractivity contribution >= 4 is 11.8 Å². The van der Waals surface area contributed by atoms with Crippen molar-refractivity contribution in [2.24, 2.45) is 0 Å². The van der Waals surface area contributed by atoms with E-state index in [1.165, 1.54) is 6.20 Å². The molecule has 0 fully saturated rings. The number of rotatable bonds is 4. The monoisotopic (exact) mass is 217 g/mol. The predicted octanol–water partition coefficient (Wildman–Crippen LogP) is 1.46. The molecule has 0 spiro atoms. The lowest BCUT2D eigenvalue weighted by atomic mass is 10.3. The van der Waals surface area contributed by atoms with Crippen LogP contribution in [0.25, 0.3) is 0 Å². The van der Waals surface area contributed by atoms with Crippen LogP contribution in [-0.2, 0) is 9.53 Å². The number of nitrogens with zero attached hydrogens (tertiary/aromatic N) is 2. The number of pyridine rings is 1. The average Bonchev–Trinajstić information content (AvgIpc) is 2.31. The van der Waals surface area contributed by atoms with E-state index >= 15 is 0 Å². The molecule has 5 heteroatoms. The Morgan fingerprint density at radius 2 is 2.50 bits per heavy atom. The summed E-state index contributed by atoms with van der Waals surface area (Å²) >= 11 is 0. The minimum atomic E-state index is -0.645. The molecule has 0 unspecified atom stereocenters. The van der Waals surface area contributed by atoms with Gasteiger partial charge in [0.05, 0.1) is 6.61 Å². The van der Waals surface area contributed by atoms with Crippen molar-refractivity contribution in [1.82, 2.24) is 4.98 Å². The number of carbonyl (C=O) groups excluding carboxylic acids is 1. The summed E-state index contributed by atoms with van der Waals surface area (Å²) in [4.78, 5) is 15.2. The topological polar surface area (TPSA) is 75.0 Å². The van der Waals surface area contributed by atoms with E-state index in [1.807, 2.05) is 0 Å². The standard InChI is InChI=1S/C11H11N3O2/c1-2-16-11(15)9(7-12)8-14-10-5-3-4-6-13-10/h3-6,8H,2H2,1H3,(H,13,14). The number of nitrogens with one attached hydrogen (secondary N) is 1. The van der Waals surface area contributed by atoms with E-state index in [0.29, 0.717) is 5.82 Å². The molecule has 1 heterocycles. The highest BCUT2D eigenvalue weighted by Gasteiger charge is 2.08. The van der Waals surface area contributed by atoms with Gasteiger partial charge in [0.25, 0.3) is 0 Å². The van der Waals surface area contributed by atoms with Crippen LogP contribution >= 0.6 is 0 Å². The van der Waals surface area contributed by atoms with Gasteiger partial charge in [0.15, 0.2) is 5.57 Å². The van der Waals surface area contributed by atoms with Gasteiger partial charge < -0.3 is 10.1 Å². The van der Waals surface area contributed by atoms with Crippen LogP contribution in [0.2, 0.25) is 0 Å². The zero-order valence-electron chi connectivity index (χ0n) is 8.80. The first kappa shape index (κ1) is 11.7. The number of anilines is 1. The Morgan fingerprint density at radius 1 is 1.69 bits per heavy atom. The Kier molecular flexibility index (Phi) is 4.54. The predicted molar refractivity (Wildman–Crippen MR) is 58.2 cm³/mol. The second kappa shape index (κ2) is 6.19. The second-order valence-electron chi connectivity index (χ2n) is 2.75. The van der Waals surface area contributed by atoms with Crippen LogP contribution in [0.3, 0.4) is 0 Å². The molecular formula is C11H11N3O2. The van der Waals surface area contributed by atoms with Crippen LogP contribution in [0.15, 0.2) is 36.2 Å². The Bertz CT molecular complexity index is 421. The average molecular weight is 217 g/mol. The molecule has 82 valence electrons. The summed E-state index contributed by atoms with van der Waals surface area (Å²) < 4.78 is 4.69. The maximum absolute atomic E-state index is 11.2. The maximum atomic E-state index is 11.2. The highest BCUT2D eigenvalue weighted by molar-refractivity contribution is 5.93. The van der Waals surface area contributed by atoms with Crippen molar-refractivity contribution in [3.63, 3.8) is 0 Å². The Morgan fingerprint density at radius 3 is 3.06 bits per heavy atom. The van der Waals surface area contributed by atoms with E-state index in [-0.39, 0.29) is 12.2 Å². The fraction of sp³-hybridized carbons (Fsp3) is 0.182. The zero-order chi connectivity index (χ0) is 11.8. The van der Waals surface area contributed by atoms with E-state index in [1.54, 1.807) is 37.4 Å². The van der Waals surface area contributed by atoms with Gasteiger partial charge in [-0.1, -0.05) is 6.07 Å². The molecule has 1 aromatic rings. The number of hydrogen-bond donors (Lipinski definition) is 1. The third-order valence-electron chi connectivity index (χ3n) is 1.65. The highest BCUT2D eigenvalue weighted by Crippen LogP contribution is 2.02. The molecule has 0 aliphatic carbocycles. The van der Waals surface area contributed by atoms with Crippen LogP contribution < -0.4 is 5.32 Å². The Labute approximate surface area is 93.4 Å². The molecule has 0 saturated heterocycles. The minimum absolute atomic E-state index is 0.0903. The van der Waals surface area contributed by atoms with Gasteiger partial charge in [-0.3, -0.25) is 0 Å². The number of carbonyl (C=O) groups is 1. The van der Waals surface area contributed by atoms with Gasteiger partial charge in [-0.25, -0.2) is 9.78 Å². The summed E-state index contributed by atoms with van der Waals surface area (Å²) in [5.74, 6) is -0.0898. The van der Waals surface area contributed by atoms with Crippen LogP contribution in [0.1, 0.15) is 6.92 Å². The Hall–Kier alpha value is -2.35. The first-order valence-corrected chi connectivity index (χ1v) is 4.73. The van der Waals surface area contributed by atoms with Crippen molar-refractivity contribution in [3.05, 3.63) is 36.2 Å². The van der Waals surface area contributed by atoms with E-state index < -0.39 is 5.97 Å². The quantitative estimate of drug-likeness (QED) is 0.469. The largest absolute Gasteiger partial charge is 0.462 e. The van der Waals surface area contributed by atoms with Gasteiger partial charge in [0, 0.05) is 12.4 Å². The van der Waals surface area contributed by atoms with Gasteiger partial charge in [0.1, 0.15) is 11.9 Å². The van der Waals surface area contributed by atoms with Gasteiger partial charge >= 0.3 is 5.97 Å². The summed E-state index contributed by atoms with van der Waals surface area (Å²) in [6, 6.07) is 7.03. The molecule has 16 heavy (non-hydrogen) atoms. The van der Waals surface area contributed by atoms with Gasteiger partial charge in [-0.05, 0) is 19.1 Å². The van der Waals surface area contributed by atoms with Gasteiger partial charge in [0.2, 0.25) is 0 Å². The third kappa shape index (κ3) is 3.42. The maximum Gasteiger partial charge on any atom is 0.350 e. The fourth-order valence-electron chi connectivity index (χ4n) is 0.940. The fourth-order valence-corrected chi connectivity index (χ4v) is 0.940. The lowest BCUT2D eigenvalue weighted by Crippen LogP contribution is -2.08. The summed E-state index contributed by atoms with van der Waals surface area (Å²) in [6.07, 6.45) is 2.88. The molecule has 0 atom stereocenters. The highest BCUT2D eigenvalue weighted by atomic mass is 16.5. The first-order valence-electron chi connectivity index (χ1n) is 4.73. The van der Waals surface area contributed by atoms with E-state index in [4.69, 9.17) is 10.00 Å². The molecule has 0 saturated carbocycles. The second-order valence-corrected chi connectivity index (χ2v) is 2.75. The molecule has 1 rings (SSSR count). The number of aromatic nitrogens is 1. The van der Waals surface area contributed by atoms with Crippen LogP contribution in [-0.4, -0.2) is 17.6 Å². The van der Waals surface area contributed by atoms with E-state index in [9.17, 15) is 4.79 Å². The molecule has 0 bridgehead atoms. The van der Waals surface area contributed by atoms with Crippen LogP contribution in [0.5, 0.6) is 0 Å². The summed E-state index contributed by atoms with van der Waals surface area (Å²) in [5.41, 5.74) is -0.0903. The lowest BCUT2D eigenvalue weighted by molar-refractivity contribution is -0.138. The summed E-state index contributed by atoms with van der Waals surface area (Å²) in [6.45, 7) is 1.92. The summed E-state index contributed by atoms with van der Waals surface area (Å²) in [7, 11) is 0. The molecular weight excluding hydrogens is 206 g/mol. The first-order chi connectivity index (χ1) is 7.77. The number of esters is 1. The van der Waals surface area contributed by atoms with Crippen LogP contribution in [0.4, 0.5) is 5.82 Å². The molecule has 0 aromatic carbocycles. The van der Waals surface area contributed by atoms with E-state index in [2.05, 4.69) is 10.3 Å². The van der Waals surface area contributed by atoms with Crippen LogP contribution in [0, 0.1) is 11.3 Å². The summed E-state index contributed by atoms with van der Waals surface area (Å²) in [5, 5.41) is 11.5. The number of hydrogen-bond acceptors (Lipinski definition) is 5. The smallest absolute Gasteiger partial charge is 0.350 e. The zero-order valence-corrected chi connectivity index (χ0v) is 8.80. The van der Waals surface area contributed by atoms with Crippen molar-refractivity contribution in [2.45, 2.75) is 6.92 Å². The number of nitriles is 1. The molecule has 0 aliphatic rings. The molecule has 0 aliphatic heterocycles. The normalized spacial score (nSPS) is 10.4. The van der Waals surface area contributed by atoms with Gasteiger partial charge in [-0.15, -0.1) is 0 Å². The number of ether oxygens (including phenoxy) is 1. The van der Waals surface area contributed by atoms with Crippen molar-refractivity contribution < 1.29 is 9.53 Å². The minimum Gasteiger partial charge on any atom is -0.462 e. The van der Waals surface area contributed by atoms with Crippen molar-refractivity contribution in [2.75, 3.05) is 11.9 Å². The lowest BCUT2D eigenvalue weighted by Gasteiger charge is -2.01. The third-order valence-corrected chi connectivity index (χ3v) is 1.65. The molecule has 1 aromatic heterocycles. The van der Waals surface area contributed by atoms with E-state index in [0.717, 1.165) is 0 Å². The van der Waals surface area contributed by atoms with Gasteiger partial charge in [-0.2, -0.15) is 5.26 Å². The Balaban J connectivity index is 2.68. The molecule has 0 radical (unpaired) electrons.